The molecule has 0 aromatic heterocycles. The first kappa shape index (κ1) is 20.9. The van der Waals surface area contributed by atoms with Crippen LogP contribution in [0, 0.1) is 5.41 Å². The fourth-order valence-electron chi connectivity index (χ4n) is 4.13. The number of halogens is 6. The predicted molar refractivity (Wildman–Crippen MR) is 84.1 cm³/mol. The Hall–Kier alpha value is -1.78. The Morgan fingerprint density at radius 3 is 2.21 bits per heavy atom. The topological polar surface area (TPSA) is 58.6 Å². The van der Waals surface area contributed by atoms with Gasteiger partial charge in [-0.1, -0.05) is 13.8 Å². The Morgan fingerprint density at radius 2 is 1.71 bits per heavy atom. The summed E-state index contributed by atoms with van der Waals surface area (Å²) >= 11 is 0. The zero-order chi connectivity index (χ0) is 21.1. The number of carbonyl (C=O) groups excluding carboxylic acids is 2. The summed E-state index contributed by atoms with van der Waals surface area (Å²) in [6, 6.07) is -1.53. The molecule has 0 spiro atoms. The molecule has 3 aliphatic rings. The van der Waals surface area contributed by atoms with Gasteiger partial charge < -0.3 is 10.1 Å². The molecule has 0 bridgehead atoms. The summed E-state index contributed by atoms with van der Waals surface area (Å²) in [5.41, 5.74) is -7.54. The van der Waals surface area contributed by atoms with Gasteiger partial charge in [0.2, 0.25) is 0 Å². The van der Waals surface area contributed by atoms with Crippen molar-refractivity contribution in [1.29, 1.82) is 0 Å². The van der Waals surface area contributed by atoms with Crippen molar-refractivity contribution < 1.29 is 40.7 Å². The van der Waals surface area contributed by atoms with Crippen LogP contribution in [0.2, 0.25) is 0 Å². The van der Waals surface area contributed by atoms with E-state index in [2.05, 4.69) is 0 Å². The summed E-state index contributed by atoms with van der Waals surface area (Å²) in [4.78, 5) is 25.9. The molecule has 11 heteroatoms. The van der Waals surface area contributed by atoms with Crippen molar-refractivity contribution in [2.45, 2.75) is 63.5 Å². The van der Waals surface area contributed by atoms with Gasteiger partial charge in [0.05, 0.1) is 18.2 Å². The van der Waals surface area contributed by atoms with Crippen LogP contribution in [0.5, 0.6) is 0 Å². The second-order valence-corrected chi connectivity index (χ2v) is 8.18. The van der Waals surface area contributed by atoms with Crippen molar-refractivity contribution in [1.82, 2.24) is 10.2 Å². The third kappa shape index (κ3) is 3.17. The third-order valence-corrected chi connectivity index (χ3v) is 5.35. The van der Waals surface area contributed by atoms with Gasteiger partial charge in [0.15, 0.2) is 5.78 Å². The minimum atomic E-state index is -5.94. The van der Waals surface area contributed by atoms with Crippen LogP contribution in [0.15, 0.2) is 11.3 Å². The lowest BCUT2D eigenvalue weighted by Crippen LogP contribution is -2.74. The number of ether oxygens (including phenoxy) is 1. The van der Waals surface area contributed by atoms with E-state index in [4.69, 9.17) is 4.74 Å². The summed E-state index contributed by atoms with van der Waals surface area (Å²) in [5.74, 6) is -1.27. The maximum atomic E-state index is 13.8. The highest BCUT2D eigenvalue weighted by atomic mass is 19.4. The highest BCUT2D eigenvalue weighted by Gasteiger charge is 2.77. The van der Waals surface area contributed by atoms with Crippen molar-refractivity contribution in [3.05, 3.63) is 11.3 Å². The number of ketones is 1. The number of rotatable bonds is 2. The van der Waals surface area contributed by atoms with Crippen LogP contribution < -0.4 is 5.32 Å². The highest BCUT2D eigenvalue weighted by Crippen LogP contribution is 2.54. The maximum absolute atomic E-state index is 13.8. The molecule has 5 nitrogen and oxygen atoms in total. The van der Waals surface area contributed by atoms with Gasteiger partial charge in [-0.15, -0.1) is 0 Å². The summed E-state index contributed by atoms with van der Waals surface area (Å²) < 4.78 is 88.0. The second kappa shape index (κ2) is 6.36. The van der Waals surface area contributed by atoms with Crippen molar-refractivity contribution >= 4 is 11.8 Å². The van der Waals surface area contributed by atoms with Crippen molar-refractivity contribution in [3.63, 3.8) is 0 Å². The molecule has 1 aliphatic carbocycles. The van der Waals surface area contributed by atoms with E-state index in [0.717, 1.165) is 10.2 Å². The molecule has 0 radical (unpaired) electrons. The summed E-state index contributed by atoms with van der Waals surface area (Å²) in [7, 11) is 0. The number of hydrogen-bond acceptors (Lipinski definition) is 3. The molecule has 1 N–H and O–H groups in total. The molecule has 1 atom stereocenters. The lowest BCUT2D eigenvalue weighted by molar-refractivity contribution is -0.292. The lowest BCUT2D eigenvalue weighted by Gasteiger charge is -2.49. The summed E-state index contributed by atoms with van der Waals surface area (Å²) in [5, 5.41) is 1.09. The van der Waals surface area contributed by atoms with Gasteiger partial charge in [-0.25, -0.2) is 4.79 Å². The van der Waals surface area contributed by atoms with Crippen LogP contribution in [0.3, 0.4) is 0 Å². The van der Waals surface area contributed by atoms with Crippen LogP contribution in [-0.4, -0.2) is 53.9 Å². The van der Waals surface area contributed by atoms with Crippen molar-refractivity contribution in [2.75, 3.05) is 13.2 Å². The Balaban J connectivity index is 2.22. The van der Waals surface area contributed by atoms with Crippen LogP contribution in [0.4, 0.5) is 31.1 Å². The quantitative estimate of drug-likeness (QED) is 0.702. The molecule has 1 saturated heterocycles. The summed E-state index contributed by atoms with van der Waals surface area (Å²) in [6.07, 6.45) is -11.9. The van der Waals surface area contributed by atoms with E-state index in [1.807, 2.05) is 0 Å². The van der Waals surface area contributed by atoms with Gasteiger partial charge in [0, 0.05) is 18.7 Å². The first-order valence-corrected chi connectivity index (χ1v) is 8.81. The Morgan fingerprint density at radius 1 is 1.11 bits per heavy atom. The molecule has 0 aromatic rings. The minimum absolute atomic E-state index is 0.209. The molecule has 2 heterocycles. The van der Waals surface area contributed by atoms with Gasteiger partial charge in [0.25, 0.3) is 5.54 Å². The van der Waals surface area contributed by atoms with E-state index in [9.17, 15) is 35.9 Å². The Labute approximate surface area is 157 Å². The molecule has 28 heavy (non-hydrogen) atoms. The molecular formula is C17H20F6N2O3. The Bertz CT molecular complexity index is 705. The fraction of sp³-hybridized carbons (Fsp3) is 0.765. The van der Waals surface area contributed by atoms with Gasteiger partial charge in [0.1, 0.15) is 0 Å². The first-order chi connectivity index (χ1) is 12.7. The van der Waals surface area contributed by atoms with Crippen LogP contribution in [-0.2, 0) is 9.53 Å². The van der Waals surface area contributed by atoms with Gasteiger partial charge in [-0.2, -0.15) is 26.3 Å². The van der Waals surface area contributed by atoms with Gasteiger partial charge in [-0.3, -0.25) is 9.69 Å². The number of carbonyl (C=O) groups is 2. The Kier molecular flexibility index (Phi) is 4.76. The smallest absolute Gasteiger partial charge is 0.376 e. The first-order valence-electron chi connectivity index (χ1n) is 8.81. The minimum Gasteiger partial charge on any atom is -0.376 e. The monoisotopic (exact) mass is 414 g/mol. The molecule has 1 unspecified atom stereocenters. The number of amides is 2. The van der Waals surface area contributed by atoms with E-state index < -0.39 is 58.9 Å². The van der Waals surface area contributed by atoms with Crippen LogP contribution in [0.1, 0.15) is 39.5 Å². The third-order valence-electron chi connectivity index (χ3n) is 5.35. The number of urea groups is 1. The number of alkyl halides is 6. The average molecular weight is 414 g/mol. The molecule has 3 rings (SSSR count). The van der Waals surface area contributed by atoms with Gasteiger partial charge in [-0.05, 0) is 24.7 Å². The zero-order valence-corrected chi connectivity index (χ0v) is 15.3. The molecule has 0 aromatic carbocycles. The number of Topliss-reactive ketones (excluding diaryl/α,β-unsaturated/α-hetero) is 1. The molecule has 1 fully saturated rings. The molecule has 2 aliphatic heterocycles. The standard InChI is InChI=1S/C17H20F6N2O3/c1-14(2)6-10-12(11(26)7-14)15(16(18,19)20,17(21,22)23)24-13(27)25(10)8-9-4-3-5-28-9/h9H,3-8H2,1-2H3,(H,24,27). The largest absolute Gasteiger partial charge is 0.425 e. The second-order valence-electron chi connectivity index (χ2n) is 8.18. The molecule has 0 saturated carbocycles. The average Bonchev–Trinajstić information content (AvgIpc) is 2.99. The normalized spacial score (nSPS) is 27.7. The zero-order valence-electron chi connectivity index (χ0n) is 15.3. The highest BCUT2D eigenvalue weighted by molar-refractivity contribution is 6.03. The number of allylic oxidation sites excluding steroid dienone is 1. The van der Waals surface area contributed by atoms with E-state index in [0.29, 0.717) is 19.4 Å². The van der Waals surface area contributed by atoms with Gasteiger partial charge >= 0.3 is 18.4 Å². The van der Waals surface area contributed by atoms with E-state index in [1.165, 1.54) is 0 Å². The number of nitrogens with zero attached hydrogens (tertiary/aromatic N) is 1. The predicted octanol–water partition coefficient (Wildman–Crippen LogP) is 3.70. The van der Waals surface area contributed by atoms with Crippen LogP contribution >= 0.6 is 0 Å². The molecule has 158 valence electrons. The van der Waals surface area contributed by atoms with Crippen LogP contribution in [0.25, 0.3) is 0 Å². The van der Waals surface area contributed by atoms with E-state index in [1.54, 1.807) is 13.8 Å². The molecule has 2 amide bonds. The van der Waals surface area contributed by atoms with E-state index >= 15 is 0 Å². The molecular weight excluding hydrogens is 394 g/mol. The van der Waals surface area contributed by atoms with Crippen molar-refractivity contribution in [3.8, 4) is 0 Å². The van der Waals surface area contributed by atoms with E-state index in [-0.39, 0.29) is 13.0 Å². The fourth-order valence-corrected chi connectivity index (χ4v) is 4.13. The maximum Gasteiger partial charge on any atom is 0.425 e. The number of hydrogen-bond donors (Lipinski definition) is 1. The van der Waals surface area contributed by atoms with Crippen molar-refractivity contribution in [2.24, 2.45) is 5.41 Å². The number of nitrogens with one attached hydrogen (secondary N) is 1. The SMILES string of the molecule is CC1(C)CC(=O)C2=C(C1)N(CC1CCCO1)C(=O)NC2(C(F)(F)F)C(F)(F)F. The lowest BCUT2D eigenvalue weighted by atomic mass is 9.69. The summed E-state index contributed by atoms with van der Waals surface area (Å²) in [6.45, 7) is 3.31.